The number of rotatable bonds is 6. The van der Waals surface area contributed by atoms with Gasteiger partial charge < -0.3 is 10.4 Å². The van der Waals surface area contributed by atoms with Crippen molar-refractivity contribution in [3.63, 3.8) is 0 Å². The lowest BCUT2D eigenvalue weighted by molar-refractivity contribution is -0.142. The van der Waals surface area contributed by atoms with Crippen molar-refractivity contribution in [1.29, 1.82) is 0 Å². The van der Waals surface area contributed by atoms with E-state index >= 15 is 0 Å². The number of hydrogen-bond acceptors (Lipinski definition) is 3. The molecule has 174 valence electrons. The van der Waals surface area contributed by atoms with Crippen LogP contribution >= 0.6 is 0 Å². The van der Waals surface area contributed by atoms with E-state index in [0.717, 1.165) is 27.9 Å². The molecule has 34 heavy (non-hydrogen) atoms. The molecule has 0 aliphatic heterocycles. The third-order valence-electron chi connectivity index (χ3n) is 7.08. The molecule has 2 fully saturated rings. The normalized spacial score (nSPS) is 19.9. The van der Waals surface area contributed by atoms with Crippen LogP contribution in [0.4, 0.5) is 0 Å². The number of carboxylic acids is 1. The molecule has 0 bridgehead atoms. The molecule has 1 amide bonds. The maximum Gasteiger partial charge on any atom is 0.306 e. The molecule has 6 heteroatoms. The number of benzene rings is 2. The second kappa shape index (κ2) is 9.34. The largest absolute Gasteiger partial charge is 0.481 e. The Kier molecular flexibility index (Phi) is 6.10. The highest BCUT2D eigenvalue weighted by molar-refractivity contribution is 6.07. The Morgan fingerprint density at radius 3 is 2.44 bits per heavy atom. The summed E-state index contributed by atoms with van der Waals surface area (Å²) in [7, 11) is 0. The molecule has 0 atom stereocenters. The minimum atomic E-state index is -0.742. The molecule has 2 aliphatic carbocycles. The zero-order valence-corrected chi connectivity index (χ0v) is 19.4. The number of amides is 1. The van der Waals surface area contributed by atoms with Gasteiger partial charge in [0, 0.05) is 17.0 Å². The van der Waals surface area contributed by atoms with Crippen molar-refractivity contribution in [3.8, 4) is 11.8 Å². The predicted molar refractivity (Wildman–Crippen MR) is 131 cm³/mol. The van der Waals surface area contributed by atoms with E-state index in [4.69, 9.17) is 0 Å². The van der Waals surface area contributed by atoms with Crippen LogP contribution < -0.4 is 5.32 Å². The Labute approximate surface area is 199 Å². The predicted octanol–water partition coefficient (Wildman–Crippen LogP) is 4.71. The van der Waals surface area contributed by atoms with E-state index in [1.165, 1.54) is 18.4 Å². The van der Waals surface area contributed by atoms with E-state index in [1.54, 1.807) is 13.1 Å². The molecule has 5 rings (SSSR count). The first-order valence-electron chi connectivity index (χ1n) is 12.1. The van der Waals surface area contributed by atoms with Crippen LogP contribution in [0.1, 0.15) is 78.4 Å². The molecular weight excluding hydrogens is 426 g/mol. The number of fused-ring (bicyclic) bond motifs is 1. The number of hydrogen-bond donors (Lipinski definition) is 2. The Morgan fingerprint density at radius 2 is 1.79 bits per heavy atom. The fraction of sp³-hybridized carbons (Fsp3) is 0.393. The molecule has 0 radical (unpaired) electrons. The minimum absolute atomic E-state index is 0.0143. The summed E-state index contributed by atoms with van der Waals surface area (Å²) in [6.45, 7) is 2.37. The molecule has 0 unspecified atom stereocenters. The maximum atomic E-state index is 13.3. The summed E-state index contributed by atoms with van der Waals surface area (Å²) in [5.41, 5.74) is 4.74. The van der Waals surface area contributed by atoms with Gasteiger partial charge in [-0.25, -0.2) is 0 Å². The number of aromatic nitrogens is 2. The highest BCUT2D eigenvalue weighted by Crippen LogP contribution is 2.40. The second-order valence-corrected chi connectivity index (χ2v) is 9.48. The van der Waals surface area contributed by atoms with Crippen molar-refractivity contribution >= 4 is 22.8 Å². The zero-order valence-electron chi connectivity index (χ0n) is 19.4. The molecular formula is C28H29N3O3. The topological polar surface area (TPSA) is 84.2 Å². The zero-order chi connectivity index (χ0) is 23.7. The first-order valence-corrected chi connectivity index (χ1v) is 12.1. The highest BCUT2D eigenvalue weighted by atomic mass is 16.4. The Morgan fingerprint density at radius 1 is 1.06 bits per heavy atom. The quantitative estimate of drug-likeness (QED) is 0.528. The average Bonchev–Trinajstić information content (AvgIpc) is 3.61. The summed E-state index contributed by atoms with van der Waals surface area (Å²) in [5.74, 6) is 5.60. The first-order chi connectivity index (χ1) is 16.5. The number of nitrogens with one attached hydrogen (secondary N) is 1. The van der Waals surface area contributed by atoms with Crippen LogP contribution in [0.2, 0.25) is 0 Å². The lowest BCUT2D eigenvalue weighted by Gasteiger charge is -2.27. The molecule has 3 aromatic rings. The number of carbonyl (C=O) groups is 2. The third-order valence-corrected chi connectivity index (χ3v) is 7.08. The minimum Gasteiger partial charge on any atom is -0.481 e. The van der Waals surface area contributed by atoms with Crippen molar-refractivity contribution < 1.29 is 14.7 Å². The van der Waals surface area contributed by atoms with Gasteiger partial charge in [-0.3, -0.25) is 14.3 Å². The van der Waals surface area contributed by atoms with Gasteiger partial charge >= 0.3 is 5.97 Å². The lowest BCUT2D eigenvalue weighted by Crippen LogP contribution is -2.38. The van der Waals surface area contributed by atoms with Gasteiger partial charge in [0.2, 0.25) is 0 Å². The van der Waals surface area contributed by atoms with E-state index in [1.807, 2.05) is 16.8 Å². The van der Waals surface area contributed by atoms with Gasteiger partial charge in [-0.1, -0.05) is 30.2 Å². The van der Waals surface area contributed by atoms with E-state index in [0.29, 0.717) is 37.8 Å². The standard InChI is InChI=1S/C28H29N3O3/c1-2-3-21-12-15-24(27(32)30-23-13-10-22(11-14-23)28(33)34)26-25(21)16-29-31(26)17-18-4-6-19(7-5-18)20-8-9-20/h4-7,12,15-16,20,22-23H,8-11,13-14,17H2,1H3,(H,30,32)(H,33,34). The van der Waals surface area contributed by atoms with E-state index in [-0.39, 0.29) is 17.9 Å². The summed E-state index contributed by atoms with van der Waals surface area (Å²) < 4.78 is 1.89. The van der Waals surface area contributed by atoms with Crippen LogP contribution in [0.3, 0.4) is 0 Å². The SMILES string of the molecule is CC#Cc1ccc(C(=O)NC2CCC(C(=O)O)CC2)c2c1cnn2Cc1ccc(C2CC2)cc1. The van der Waals surface area contributed by atoms with Gasteiger partial charge in [0.15, 0.2) is 0 Å². The summed E-state index contributed by atoms with van der Waals surface area (Å²) in [4.78, 5) is 24.6. The highest BCUT2D eigenvalue weighted by Gasteiger charge is 2.28. The Balaban J connectivity index is 1.42. The molecule has 2 saturated carbocycles. The summed E-state index contributed by atoms with van der Waals surface area (Å²) >= 11 is 0. The van der Waals surface area contributed by atoms with Crippen molar-refractivity contribution in [3.05, 3.63) is 64.8 Å². The molecule has 1 aromatic heterocycles. The van der Waals surface area contributed by atoms with Gasteiger partial charge in [0.1, 0.15) is 0 Å². The monoisotopic (exact) mass is 455 g/mol. The van der Waals surface area contributed by atoms with Crippen molar-refractivity contribution in [2.45, 2.75) is 64.0 Å². The van der Waals surface area contributed by atoms with Crippen LogP contribution in [0.25, 0.3) is 10.9 Å². The van der Waals surface area contributed by atoms with Crippen LogP contribution in [0, 0.1) is 17.8 Å². The number of nitrogens with zero attached hydrogens (tertiary/aromatic N) is 2. The first kappa shape index (κ1) is 22.2. The molecule has 6 nitrogen and oxygen atoms in total. The third kappa shape index (κ3) is 4.56. The summed E-state index contributed by atoms with van der Waals surface area (Å²) in [6.07, 6.45) is 6.89. The molecule has 0 saturated heterocycles. The van der Waals surface area contributed by atoms with Crippen LogP contribution in [0.15, 0.2) is 42.6 Å². The molecule has 2 aromatic carbocycles. The second-order valence-electron chi connectivity index (χ2n) is 9.48. The van der Waals surface area contributed by atoms with E-state index in [2.05, 4.69) is 46.5 Å². The smallest absolute Gasteiger partial charge is 0.306 e. The van der Waals surface area contributed by atoms with Crippen LogP contribution in [-0.2, 0) is 11.3 Å². The van der Waals surface area contributed by atoms with Gasteiger partial charge in [-0.2, -0.15) is 5.10 Å². The Hall–Kier alpha value is -3.59. The lowest BCUT2D eigenvalue weighted by atomic mass is 9.86. The molecule has 0 spiro atoms. The average molecular weight is 456 g/mol. The van der Waals surface area contributed by atoms with Gasteiger partial charge in [-0.15, -0.1) is 5.92 Å². The van der Waals surface area contributed by atoms with Crippen molar-refractivity contribution in [1.82, 2.24) is 15.1 Å². The van der Waals surface area contributed by atoms with E-state index < -0.39 is 5.97 Å². The van der Waals surface area contributed by atoms with Crippen LogP contribution in [-0.4, -0.2) is 32.8 Å². The van der Waals surface area contributed by atoms with E-state index in [9.17, 15) is 14.7 Å². The maximum absolute atomic E-state index is 13.3. The summed E-state index contributed by atoms with van der Waals surface area (Å²) in [5, 5.41) is 17.9. The number of carboxylic acid groups (broad SMARTS) is 1. The van der Waals surface area contributed by atoms with Gasteiger partial charge in [0.05, 0.1) is 29.7 Å². The fourth-order valence-electron chi connectivity index (χ4n) is 4.98. The van der Waals surface area contributed by atoms with Gasteiger partial charge in [-0.05, 0) is 74.6 Å². The number of aliphatic carboxylic acids is 1. The van der Waals surface area contributed by atoms with Gasteiger partial charge in [0.25, 0.3) is 5.91 Å². The number of carbonyl (C=O) groups excluding carboxylic acids is 1. The van der Waals surface area contributed by atoms with Crippen molar-refractivity contribution in [2.24, 2.45) is 5.92 Å². The summed E-state index contributed by atoms with van der Waals surface area (Å²) in [6, 6.07) is 12.4. The van der Waals surface area contributed by atoms with Crippen LogP contribution in [0.5, 0.6) is 0 Å². The fourth-order valence-corrected chi connectivity index (χ4v) is 4.98. The van der Waals surface area contributed by atoms with Crippen molar-refractivity contribution in [2.75, 3.05) is 0 Å². The molecule has 1 heterocycles. The molecule has 2 N–H and O–H groups in total. The Bertz CT molecular complexity index is 1280. The molecule has 2 aliphatic rings.